The quantitative estimate of drug-likeness (QED) is 0.292. The molecule has 0 fully saturated rings. The number of nitro groups is 1. The van der Waals surface area contributed by atoms with Crippen LogP contribution < -0.4 is 4.68 Å². The second-order valence-corrected chi connectivity index (χ2v) is 6.90. The van der Waals surface area contributed by atoms with Gasteiger partial charge in [0.15, 0.2) is 11.6 Å². The summed E-state index contributed by atoms with van der Waals surface area (Å²) in [5.74, 6) is -1.79. The Balaban J connectivity index is 1.72. The third-order valence-electron chi connectivity index (χ3n) is 4.15. The number of hydrogen-bond donors (Lipinski definition) is 1. The van der Waals surface area contributed by atoms with Crippen molar-refractivity contribution in [2.24, 2.45) is 0 Å². The molecule has 10 heteroatoms. The van der Waals surface area contributed by atoms with E-state index in [1.54, 1.807) is 18.3 Å². The summed E-state index contributed by atoms with van der Waals surface area (Å²) in [7, 11) is 0. The van der Waals surface area contributed by atoms with Gasteiger partial charge >= 0.3 is 0 Å². The van der Waals surface area contributed by atoms with Crippen LogP contribution in [-0.2, 0) is 6.54 Å². The minimum Gasteiger partial charge on any atom is -0.333 e. The molecule has 0 saturated carbocycles. The highest BCUT2D eigenvalue weighted by molar-refractivity contribution is 9.10. The van der Waals surface area contributed by atoms with E-state index in [0.29, 0.717) is 21.1 Å². The predicted octanol–water partition coefficient (Wildman–Crippen LogP) is 3.91. The van der Waals surface area contributed by atoms with Crippen molar-refractivity contribution in [2.75, 3.05) is 0 Å². The number of nitrogens with one attached hydrogen (secondary N) is 1. The van der Waals surface area contributed by atoms with Gasteiger partial charge in [0.1, 0.15) is 23.1 Å². The molecule has 0 radical (unpaired) electrons. The highest BCUT2D eigenvalue weighted by atomic mass is 79.9. The second-order valence-electron chi connectivity index (χ2n) is 5.99. The van der Waals surface area contributed by atoms with Crippen LogP contribution in [0.4, 0.5) is 14.5 Å². The lowest BCUT2D eigenvalue weighted by molar-refractivity contribution is -0.745. The average molecular weight is 447 g/mol. The van der Waals surface area contributed by atoms with Crippen molar-refractivity contribution >= 4 is 32.7 Å². The first-order chi connectivity index (χ1) is 13.4. The van der Waals surface area contributed by atoms with Crippen LogP contribution in [0.1, 0.15) is 5.56 Å². The molecule has 0 aliphatic rings. The maximum Gasteiger partial charge on any atom is 0.280 e. The van der Waals surface area contributed by atoms with Gasteiger partial charge in [0.05, 0.1) is 16.1 Å². The molecule has 0 unspecified atom stereocenters. The van der Waals surface area contributed by atoms with Crippen molar-refractivity contribution < 1.29 is 18.4 Å². The van der Waals surface area contributed by atoms with Crippen LogP contribution in [0, 0.1) is 21.7 Å². The zero-order chi connectivity index (χ0) is 19.8. The van der Waals surface area contributed by atoms with Gasteiger partial charge < -0.3 is 4.98 Å². The first-order valence-electron chi connectivity index (χ1n) is 8.05. The SMILES string of the molecule is O=[N+]([O-])c1cc(Br)ccc1C[n+]1cc2[nH]c(-c3cccc(F)c3F)nc2cn1. The van der Waals surface area contributed by atoms with E-state index in [9.17, 15) is 18.9 Å². The normalized spacial score (nSPS) is 11.1. The fourth-order valence-corrected chi connectivity index (χ4v) is 3.17. The topological polar surface area (TPSA) is 88.6 Å². The lowest BCUT2D eigenvalue weighted by Gasteiger charge is -1.99. The van der Waals surface area contributed by atoms with Crippen molar-refractivity contribution in [3.63, 3.8) is 0 Å². The van der Waals surface area contributed by atoms with E-state index in [0.717, 1.165) is 6.07 Å². The Kier molecular flexibility index (Phi) is 4.55. The fraction of sp³-hybridized carbons (Fsp3) is 0.0556. The van der Waals surface area contributed by atoms with E-state index in [1.807, 2.05) is 0 Å². The number of imidazole rings is 1. The molecule has 0 spiro atoms. The second kappa shape index (κ2) is 7.04. The highest BCUT2D eigenvalue weighted by Crippen LogP contribution is 2.25. The van der Waals surface area contributed by atoms with E-state index < -0.39 is 16.6 Å². The Bertz CT molecular complexity index is 1230. The number of aromatic amines is 1. The lowest BCUT2D eigenvalue weighted by atomic mass is 10.2. The molecule has 7 nitrogen and oxygen atoms in total. The number of rotatable bonds is 4. The summed E-state index contributed by atoms with van der Waals surface area (Å²) in [6, 6.07) is 8.62. The smallest absolute Gasteiger partial charge is 0.280 e. The van der Waals surface area contributed by atoms with Crippen molar-refractivity contribution in [3.8, 4) is 11.4 Å². The first kappa shape index (κ1) is 18.1. The number of nitro benzene ring substituents is 1. The molecule has 2 heterocycles. The van der Waals surface area contributed by atoms with Crippen LogP contribution in [0.15, 0.2) is 53.3 Å². The molecule has 0 aliphatic carbocycles. The maximum atomic E-state index is 14.0. The molecular formula is C18H11BrF2N5O2+. The Morgan fingerprint density at radius 3 is 2.86 bits per heavy atom. The highest BCUT2D eigenvalue weighted by Gasteiger charge is 2.20. The zero-order valence-corrected chi connectivity index (χ0v) is 15.7. The van der Waals surface area contributed by atoms with Crippen LogP contribution in [0.2, 0.25) is 0 Å². The van der Waals surface area contributed by atoms with Crippen molar-refractivity contribution in [1.29, 1.82) is 0 Å². The van der Waals surface area contributed by atoms with Crippen molar-refractivity contribution in [2.45, 2.75) is 6.54 Å². The summed E-state index contributed by atoms with van der Waals surface area (Å²) in [6.45, 7) is 0.155. The van der Waals surface area contributed by atoms with Gasteiger partial charge in [-0.25, -0.2) is 13.8 Å². The summed E-state index contributed by atoms with van der Waals surface area (Å²) in [4.78, 5) is 18.0. The van der Waals surface area contributed by atoms with Crippen LogP contribution in [0.5, 0.6) is 0 Å². The van der Waals surface area contributed by atoms with Crippen LogP contribution in [-0.4, -0.2) is 20.0 Å². The van der Waals surface area contributed by atoms with Gasteiger partial charge in [-0.05, 0) is 29.4 Å². The van der Waals surface area contributed by atoms with Gasteiger partial charge in [0.2, 0.25) is 12.7 Å². The predicted molar refractivity (Wildman–Crippen MR) is 99.3 cm³/mol. The van der Waals surface area contributed by atoms with Gasteiger partial charge in [0.25, 0.3) is 5.69 Å². The fourth-order valence-electron chi connectivity index (χ4n) is 2.82. The van der Waals surface area contributed by atoms with Crippen molar-refractivity contribution in [3.05, 3.63) is 80.6 Å². The zero-order valence-electron chi connectivity index (χ0n) is 14.1. The Hall–Kier alpha value is -3.27. The summed E-state index contributed by atoms with van der Waals surface area (Å²) < 4.78 is 29.6. The first-order valence-corrected chi connectivity index (χ1v) is 8.84. The molecule has 0 bridgehead atoms. The molecule has 1 N–H and O–H groups in total. The Morgan fingerprint density at radius 1 is 1.25 bits per heavy atom. The third-order valence-corrected chi connectivity index (χ3v) is 4.64. The minimum absolute atomic E-state index is 0.00583. The number of halogens is 3. The summed E-state index contributed by atoms with van der Waals surface area (Å²) in [6.07, 6.45) is 3.06. The van der Waals surface area contributed by atoms with Gasteiger partial charge in [0, 0.05) is 10.5 Å². The molecule has 140 valence electrons. The molecular weight excluding hydrogens is 436 g/mol. The number of benzene rings is 2. The van der Waals surface area contributed by atoms with Crippen LogP contribution >= 0.6 is 15.9 Å². The molecule has 2 aromatic heterocycles. The number of aromatic nitrogens is 4. The monoisotopic (exact) mass is 446 g/mol. The molecule has 0 aliphatic heterocycles. The van der Waals surface area contributed by atoms with E-state index in [1.165, 1.54) is 29.1 Å². The lowest BCUT2D eigenvalue weighted by Crippen LogP contribution is -2.38. The van der Waals surface area contributed by atoms with E-state index in [-0.39, 0.29) is 23.6 Å². The van der Waals surface area contributed by atoms with Crippen LogP contribution in [0.3, 0.4) is 0 Å². The van der Waals surface area contributed by atoms with Gasteiger partial charge in [-0.2, -0.15) is 0 Å². The van der Waals surface area contributed by atoms with E-state index in [4.69, 9.17) is 0 Å². The molecule has 4 aromatic rings. The summed E-state index contributed by atoms with van der Waals surface area (Å²) >= 11 is 3.22. The molecule has 4 rings (SSSR count). The van der Waals surface area contributed by atoms with Crippen LogP contribution in [0.25, 0.3) is 22.4 Å². The summed E-state index contributed by atoms with van der Waals surface area (Å²) in [5.41, 5.74) is 1.44. The van der Waals surface area contributed by atoms with Gasteiger partial charge in [-0.15, -0.1) is 0 Å². The maximum absolute atomic E-state index is 14.0. The number of hydrogen-bond acceptors (Lipinski definition) is 4. The minimum atomic E-state index is -0.993. The van der Waals surface area contributed by atoms with E-state index in [2.05, 4.69) is 31.0 Å². The largest absolute Gasteiger partial charge is 0.333 e. The van der Waals surface area contributed by atoms with Gasteiger partial charge in [-0.1, -0.05) is 26.7 Å². The van der Waals surface area contributed by atoms with Gasteiger partial charge in [-0.3, -0.25) is 10.1 Å². The third kappa shape index (κ3) is 3.33. The Labute approximate surface area is 164 Å². The number of H-pyrrole nitrogens is 1. The molecule has 0 amide bonds. The number of fused-ring (bicyclic) bond motifs is 1. The number of nitrogens with zero attached hydrogens (tertiary/aromatic N) is 4. The Morgan fingerprint density at radius 2 is 2.07 bits per heavy atom. The molecule has 28 heavy (non-hydrogen) atoms. The standard InChI is InChI=1S/C18H10BrF2N5O2/c19-11-5-4-10(16(6-11)26(27)28)8-25-9-15-14(7-22-25)23-18(24-15)12-2-1-3-13(20)17(12)21/h1-7,9H,8H2/p+1. The molecule has 2 aromatic carbocycles. The summed E-state index contributed by atoms with van der Waals surface area (Å²) in [5, 5.41) is 15.5. The molecule has 0 atom stereocenters. The van der Waals surface area contributed by atoms with Crippen molar-refractivity contribution in [1.82, 2.24) is 15.1 Å². The molecule has 0 saturated heterocycles. The average Bonchev–Trinajstić information content (AvgIpc) is 3.08. The van der Waals surface area contributed by atoms with E-state index >= 15 is 0 Å².